The zero-order chi connectivity index (χ0) is 20.5. The van der Waals surface area contributed by atoms with Gasteiger partial charge in [0.2, 0.25) is 0 Å². The highest BCUT2D eigenvalue weighted by Crippen LogP contribution is 2.30. The minimum atomic E-state index is -0.536. The van der Waals surface area contributed by atoms with Gasteiger partial charge in [0.1, 0.15) is 11.6 Å². The maximum absolute atomic E-state index is 12.3. The molecule has 0 radical (unpaired) electrons. The molecule has 28 heavy (non-hydrogen) atoms. The Bertz CT molecular complexity index is 920. The molecule has 1 amide bonds. The molecular weight excluding hydrogens is 378 g/mol. The number of ether oxygens (including phenoxy) is 2. The Morgan fingerprint density at radius 2 is 1.79 bits per heavy atom. The summed E-state index contributed by atoms with van der Waals surface area (Å²) < 4.78 is 11.1. The molecule has 0 fully saturated rings. The van der Waals surface area contributed by atoms with Crippen molar-refractivity contribution in [1.82, 2.24) is 0 Å². The molecule has 0 bridgehead atoms. The molecule has 0 aliphatic rings. The molecule has 2 rings (SSSR count). The third-order valence-corrected chi connectivity index (χ3v) is 4.13. The van der Waals surface area contributed by atoms with Gasteiger partial charge in [-0.15, -0.1) is 0 Å². The largest absolute Gasteiger partial charge is 0.490 e. The molecule has 0 aromatic heterocycles. The van der Waals surface area contributed by atoms with E-state index >= 15 is 0 Å². The SMILES string of the molecule is CCOc1ccc(N/C=C(/C#N)C(=O)Nc2ccc(C)c(Cl)c2)cc1OCC. The average Bonchev–Trinajstić information content (AvgIpc) is 2.67. The second-order valence-electron chi connectivity index (χ2n) is 5.76. The molecule has 0 saturated heterocycles. The van der Waals surface area contributed by atoms with Crippen LogP contribution < -0.4 is 20.1 Å². The lowest BCUT2D eigenvalue weighted by molar-refractivity contribution is -0.112. The number of nitrogens with one attached hydrogen (secondary N) is 2. The summed E-state index contributed by atoms with van der Waals surface area (Å²) in [6.07, 6.45) is 1.34. The summed E-state index contributed by atoms with van der Waals surface area (Å²) in [5.74, 6) is 0.680. The lowest BCUT2D eigenvalue weighted by atomic mass is 10.2. The molecule has 0 spiro atoms. The number of nitrogens with zero attached hydrogens (tertiary/aromatic N) is 1. The van der Waals surface area contributed by atoms with Gasteiger partial charge in [0.05, 0.1) is 13.2 Å². The molecule has 0 heterocycles. The Labute approximate surface area is 169 Å². The van der Waals surface area contributed by atoms with Gasteiger partial charge in [-0.25, -0.2) is 0 Å². The lowest BCUT2D eigenvalue weighted by Crippen LogP contribution is -2.14. The van der Waals surface area contributed by atoms with Crippen LogP contribution in [0, 0.1) is 18.3 Å². The minimum Gasteiger partial charge on any atom is -0.490 e. The van der Waals surface area contributed by atoms with E-state index in [0.717, 1.165) is 5.56 Å². The monoisotopic (exact) mass is 399 g/mol. The first kappa shape index (κ1) is 21.1. The van der Waals surface area contributed by atoms with E-state index in [4.69, 9.17) is 21.1 Å². The highest BCUT2D eigenvalue weighted by molar-refractivity contribution is 6.31. The van der Waals surface area contributed by atoms with E-state index in [1.54, 1.807) is 36.4 Å². The van der Waals surface area contributed by atoms with Gasteiger partial charge in [-0.05, 0) is 50.6 Å². The third-order valence-electron chi connectivity index (χ3n) is 3.72. The molecule has 0 aliphatic heterocycles. The predicted molar refractivity (Wildman–Crippen MR) is 111 cm³/mol. The Morgan fingerprint density at radius 3 is 2.43 bits per heavy atom. The van der Waals surface area contributed by atoms with Crippen molar-refractivity contribution in [2.45, 2.75) is 20.8 Å². The molecule has 0 aliphatic carbocycles. The zero-order valence-electron chi connectivity index (χ0n) is 16.0. The summed E-state index contributed by atoms with van der Waals surface area (Å²) >= 11 is 6.06. The van der Waals surface area contributed by atoms with Crippen LogP contribution in [0.2, 0.25) is 5.02 Å². The van der Waals surface area contributed by atoms with Crippen molar-refractivity contribution in [1.29, 1.82) is 5.26 Å². The van der Waals surface area contributed by atoms with Gasteiger partial charge in [-0.3, -0.25) is 4.79 Å². The van der Waals surface area contributed by atoms with E-state index in [0.29, 0.717) is 41.1 Å². The number of hydrogen-bond acceptors (Lipinski definition) is 5. The van der Waals surface area contributed by atoms with Gasteiger partial charge < -0.3 is 20.1 Å². The van der Waals surface area contributed by atoms with E-state index in [1.165, 1.54) is 6.20 Å². The number of carbonyl (C=O) groups is 1. The van der Waals surface area contributed by atoms with Gasteiger partial charge in [0.25, 0.3) is 5.91 Å². The van der Waals surface area contributed by atoms with Crippen molar-refractivity contribution in [3.63, 3.8) is 0 Å². The van der Waals surface area contributed by atoms with Crippen molar-refractivity contribution in [2.75, 3.05) is 23.8 Å². The summed E-state index contributed by atoms with van der Waals surface area (Å²) in [5.41, 5.74) is 1.99. The van der Waals surface area contributed by atoms with Crippen LogP contribution in [0.1, 0.15) is 19.4 Å². The molecule has 2 aromatic rings. The Morgan fingerprint density at radius 1 is 1.11 bits per heavy atom. The second kappa shape index (κ2) is 10.2. The van der Waals surface area contributed by atoms with Gasteiger partial charge in [0, 0.05) is 28.7 Å². The number of amides is 1. The predicted octanol–water partition coefficient (Wildman–Crippen LogP) is 4.90. The molecule has 2 N–H and O–H groups in total. The molecule has 6 nitrogen and oxygen atoms in total. The van der Waals surface area contributed by atoms with Crippen LogP contribution in [0.4, 0.5) is 11.4 Å². The topological polar surface area (TPSA) is 83.4 Å². The first-order valence-electron chi connectivity index (χ1n) is 8.82. The maximum atomic E-state index is 12.3. The highest BCUT2D eigenvalue weighted by Gasteiger charge is 2.11. The van der Waals surface area contributed by atoms with Gasteiger partial charge in [-0.1, -0.05) is 17.7 Å². The van der Waals surface area contributed by atoms with Gasteiger partial charge >= 0.3 is 0 Å². The Kier molecular flexibility index (Phi) is 7.73. The second-order valence-corrected chi connectivity index (χ2v) is 6.17. The summed E-state index contributed by atoms with van der Waals surface area (Å²) in [5, 5.41) is 15.5. The highest BCUT2D eigenvalue weighted by atomic mass is 35.5. The number of benzene rings is 2. The van der Waals surface area contributed by atoms with Crippen LogP contribution in [-0.2, 0) is 4.79 Å². The van der Waals surface area contributed by atoms with Crippen LogP contribution in [-0.4, -0.2) is 19.1 Å². The van der Waals surface area contributed by atoms with E-state index in [9.17, 15) is 10.1 Å². The number of rotatable bonds is 8. The fourth-order valence-corrected chi connectivity index (χ4v) is 2.49. The molecule has 0 saturated carbocycles. The number of nitriles is 1. The maximum Gasteiger partial charge on any atom is 0.267 e. The first-order valence-corrected chi connectivity index (χ1v) is 9.20. The Balaban J connectivity index is 2.13. The van der Waals surface area contributed by atoms with Crippen molar-refractivity contribution >= 4 is 28.9 Å². The van der Waals surface area contributed by atoms with Crippen molar-refractivity contribution in [3.8, 4) is 17.6 Å². The number of halogens is 1. The molecule has 0 atom stereocenters. The normalized spacial score (nSPS) is 10.8. The summed E-state index contributed by atoms with van der Waals surface area (Å²) in [6.45, 7) is 6.65. The van der Waals surface area contributed by atoms with Crippen LogP contribution in [0.25, 0.3) is 0 Å². The molecule has 7 heteroatoms. The summed E-state index contributed by atoms with van der Waals surface area (Å²) in [6, 6.07) is 12.3. The van der Waals surface area contributed by atoms with Crippen LogP contribution in [0.3, 0.4) is 0 Å². The van der Waals surface area contributed by atoms with Crippen molar-refractivity contribution in [2.24, 2.45) is 0 Å². The van der Waals surface area contributed by atoms with Crippen LogP contribution >= 0.6 is 11.6 Å². The third kappa shape index (κ3) is 5.66. The van der Waals surface area contributed by atoms with Crippen molar-refractivity contribution in [3.05, 3.63) is 58.8 Å². The van der Waals surface area contributed by atoms with Gasteiger partial charge in [0.15, 0.2) is 11.5 Å². The number of anilines is 2. The number of aryl methyl sites for hydroxylation is 1. The smallest absolute Gasteiger partial charge is 0.267 e. The summed E-state index contributed by atoms with van der Waals surface area (Å²) in [7, 11) is 0. The molecule has 146 valence electrons. The Hall–Kier alpha value is -3.17. The zero-order valence-corrected chi connectivity index (χ0v) is 16.8. The molecule has 0 unspecified atom stereocenters. The average molecular weight is 400 g/mol. The minimum absolute atomic E-state index is 0.0801. The van der Waals surface area contributed by atoms with E-state index < -0.39 is 5.91 Å². The number of carbonyl (C=O) groups excluding carboxylic acids is 1. The summed E-state index contributed by atoms with van der Waals surface area (Å²) in [4.78, 5) is 12.3. The standard InChI is InChI=1S/C21H22ClN3O3/c1-4-27-19-9-8-16(11-20(19)28-5-2)24-13-15(12-23)21(26)25-17-7-6-14(3)18(22)10-17/h6-11,13,24H,4-5H2,1-3H3,(H,25,26)/b15-13-. The van der Waals surface area contributed by atoms with E-state index in [1.807, 2.05) is 26.8 Å². The fourth-order valence-electron chi connectivity index (χ4n) is 2.31. The first-order chi connectivity index (χ1) is 13.5. The lowest BCUT2D eigenvalue weighted by Gasteiger charge is -2.12. The molecular formula is C21H22ClN3O3. The molecule has 2 aromatic carbocycles. The van der Waals surface area contributed by atoms with Gasteiger partial charge in [-0.2, -0.15) is 5.26 Å². The number of hydrogen-bond donors (Lipinski definition) is 2. The van der Waals surface area contributed by atoms with Crippen molar-refractivity contribution < 1.29 is 14.3 Å². The van der Waals surface area contributed by atoms with E-state index in [2.05, 4.69) is 10.6 Å². The van der Waals surface area contributed by atoms with Crippen LogP contribution in [0.15, 0.2) is 48.2 Å². The van der Waals surface area contributed by atoms with Crippen LogP contribution in [0.5, 0.6) is 11.5 Å². The fraction of sp³-hybridized carbons (Fsp3) is 0.238. The quantitative estimate of drug-likeness (QED) is 0.487. The van der Waals surface area contributed by atoms with E-state index in [-0.39, 0.29) is 5.57 Å².